The fourth-order valence-electron chi connectivity index (χ4n) is 4.16. The molecule has 0 radical (unpaired) electrons. The van der Waals surface area contributed by atoms with Gasteiger partial charge in [-0.1, -0.05) is 20.3 Å². The fraction of sp³-hybridized carbons (Fsp3) is 1.00. The van der Waals surface area contributed by atoms with Gasteiger partial charge in [-0.3, -0.25) is 0 Å². The average Bonchev–Trinajstić information content (AvgIpc) is 2.47. The van der Waals surface area contributed by atoms with E-state index >= 15 is 0 Å². The summed E-state index contributed by atoms with van der Waals surface area (Å²) in [6.45, 7) is 10.5. The first-order chi connectivity index (χ1) is 9.86. The second-order valence-corrected chi connectivity index (χ2v) is 7.17. The highest BCUT2D eigenvalue weighted by Crippen LogP contribution is 2.55. The van der Waals surface area contributed by atoms with Crippen molar-refractivity contribution in [1.29, 1.82) is 0 Å². The van der Waals surface area contributed by atoms with E-state index in [9.17, 15) is 0 Å². The molecule has 0 saturated carbocycles. The molecule has 0 spiro atoms. The Hall–Kier alpha value is -0.160. The van der Waals surface area contributed by atoms with Gasteiger partial charge in [-0.15, -0.1) is 0 Å². The van der Waals surface area contributed by atoms with Crippen LogP contribution in [0.2, 0.25) is 0 Å². The first kappa shape index (κ1) is 17.2. The van der Waals surface area contributed by atoms with Crippen molar-refractivity contribution >= 4 is 0 Å². The van der Waals surface area contributed by atoms with Crippen LogP contribution < -0.4 is 0 Å². The Morgan fingerprint density at radius 3 is 1.67 bits per heavy atom. The first-order valence-electron chi connectivity index (χ1n) is 8.25. The second-order valence-electron chi connectivity index (χ2n) is 7.17. The van der Waals surface area contributed by atoms with E-state index in [-0.39, 0.29) is 11.0 Å². The van der Waals surface area contributed by atoms with Crippen molar-refractivity contribution in [3.63, 3.8) is 0 Å². The van der Waals surface area contributed by atoms with Crippen LogP contribution in [-0.4, -0.2) is 39.0 Å². The van der Waals surface area contributed by atoms with Crippen LogP contribution in [0.25, 0.3) is 0 Å². The third kappa shape index (κ3) is 2.35. The molecule has 21 heavy (non-hydrogen) atoms. The topological polar surface area (TPSA) is 36.9 Å². The maximum atomic E-state index is 5.78. The van der Waals surface area contributed by atoms with E-state index < -0.39 is 5.97 Å². The molecule has 0 aromatic heterocycles. The molecule has 4 nitrogen and oxygen atoms in total. The molecule has 2 atom stereocenters. The normalized spacial score (nSPS) is 36.9. The van der Waals surface area contributed by atoms with Gasteiger partial charge in [0.05, 0.1) is 24.2 Å². The summed E-state index contributed by atoms with van der Waals surface area (Å²) in [5.41, 5.74) is 0.326. The fourth-order valence-corrected chi connectivity index (χ4v) is 4.16. The maximum Gasteiger partial charge on any atom is 0.290 e. The quantitative estimate of drug-likeness (QED) is 0.640. The van der Waals surface area contributed by atoms with Gasteiger partial charge in [0.1, 0.15) is 0 Å². The van der Waals surface area contributed by atoms with Crippen LogP contribution in [0.15, 0.2) is 0 Å². The van der Waals surface area contributed by atoms with Crippen LogP contribution in [0.5, 0.6) is 0 Å². The molecular formula is C17H32O4. The standard InChI is InChI=1S/C17H32O4/c1-7-15(12-20-14(15,3)4)10-9-11-16(8-2)13-21-17(16,18-5)19-6/h7-13H2,1-6H3. The van der Waals surface area contributed by atoms with Crippen molar-refractivity contribution in [1.82, 2.24) is 0 Å². The average molecular weight is 300 g/mol. The van der Waals surface area contributed by atoms with Crippen molar-refractivity contribution in [2.75, 3.05) is 27.4 Å². The summed E-state index contributed by atoms with van der Waals surface area (Å²) < 4.78 is 22.5. The Kier molecular flexibility index (Phi) is 4.75. The van der Waals surface area contributed by atoms with Gasteiger partial charge in [-0.25, -0.2) is 0 Å². The Labute approximate surface area is 129 Å². The highest BCUT2D eigenvalue weighted by atomic mass is 16.9. The molecule has 124 valence electrons. The van der Waals surface area contributed by atoms with Crippen molar-refractivity contribution in [2.45, 2.75) is 71.4 Å². The SMILES string of the molecule is CCC1(CCCC2(CC)COC2(OC)OC)COC1(C)C. The van der Waals surface area contributed by atoms with Crippen LogP contribution in [0.4, 0.5) is 0 Å². The largest absolute Gasteiger partial charge is 0.374 e. The molecule has 0 bridgehead atoms. The van der Waals surface area contributed by atoms with Crippen molar-refractivity contribution in [2.24, 2.45) is 10.8 Å². The summed E-state index contributed by atoms with van der Waals surface area (Å²) in [6, 6.07) is 0. The van der Waals surface area contributed by atoms with Gasteiger partial charge < -0.3 is 18.9 Å². The summed E-state index contributed by atoms with van der Waals surface area (Å²) in [7, 11) is 3.34. The van der Waals surface area contributed by atoms with Crippen LogP contribution in [-0.2, 0) is 18.9 Å². The zero-order valence-electron chi connectivity index (χ0n) is 14.6. The van der Waals surface area contributed by atoms with Gasteiger partial charge >= 0.3 is 0 Å². The minimum Gasteiger partial charge on any atom is -0.374 e. The minimum atomic E-state index is -0.841. The van der Waals surface area contributed by atoms with E-state index in [1.54, 1.807) is 14.2 Å². The molecule has 0 N–H and O–H groups in total. The highest BCUT2D eigenvalue weighted by molar-refractivity contribution is 5.02. The number of rotatable bonds is 8. The summed E-state index contributed by atoms with van der Waals surface area (Å²) >= 11 is 0. The van der Waals surface area contributed by atoms with E-state index in [1.165, 1.54) is 12.8 Å². The lowest BCUT2D eigenvalue weighted by atomic mass is 9.63. The molecule has 2 aliphatic heterocycles. The van der Waals surface area contributed by atoms with E-state index in [2.05, 4.69) is 27.7 Å². The predicted molar refractivity (Wildman–Crippen MR) is 82.0 cm³/mol. The van der Waals surface area contributed by atoms with Gasteiger partial charge in [-0.2, -0.15) is 0 Å². The molecule has 2 aliphatic rings. The monoisotopic (exact) mass is 300 g/mol. The van der Waals surface area contributed by atoms with Crippen LogP contribution in [0.3, 0.4) is 0 Å². The van der Waals surface area contributed by atoms with Gasteiger partial charge in [0.15, 0.2) is 0 Å². The molecule has 2 saturated heterocycles. The molecule has 2 fully saturated rings. The number of methoxy groups -OCH3 is 2. The molecule has 0 aliphatic carbocycles. The van der Waals surface area contributed by atoms with E-state index in [0.717, 1.165) is 32.5 Å². The molecule has 2 heterocycles. The Balaban J connectivity index is 1.96. The van der Waals surface area contributed by atoms with Crippen LogP contribution >= 0.6 is 0 Å². The van der Waals surface area contributed by atoms with Crippen molar-refractivity contribution < 1.29 is 18.9 Å². The molecule has 0 amide bonds. The lowest BCUT2D eigenvalue weighted by Gasteiger charge is -2.58. The van der Waals surface area contributed by atoms with Gasteiger partial charge in [0.25, 0.3) is 5.97 Å². The lowest BCUT2D eigenvalue weighted by molar-refractivity contribution is -0.492. The Morgan fingerprint density at radius 1 is 0.857 bits per heavy atom. The van der Waals surface area contributed by atoms with E-state index in [4.69, 9.17) is 18.9 Å². The Morgan fingerprint density at radius 2 is 1.38 bits per heavy atom. The van der Waals surface area contributed by atoms with Crippen molar-refractivity contribution in [3.8, 4) is 0 Å². The predicted octanol–water partition coefficient (Wildman–Crippen LogP) is 3.74. The first-order valence-corrected chi connectivity index (χ1v) is 8.25. The lowest BCUT2D eigenvalue weighted by Crippen LogP contribution is -2.65. The van der Waals surface area contributed by atoms with Crippen LogP contribution in [0.1, 0.15) is 59.8 Å². The summed E-state index contributed by atoms with van der Waals surface area (Å²) in [5.74, 6) is -0.841. The summed E-state index contributed by atoms with van der Waals surface area (Å²) in [6.07, 6.45) is 5.61. The number of ether oxygens (including phenoxy) is 4. The smallest absolute Gasteiger partial charge is 0.290 e. The van der Waals surface area contributed by atoms with Gasteiger partial charge in [-0.05, 0) is 39.5 Å². The number of hydrogen-bond donors (Lipinski definition) is 0. The number of hydrogen-bond acceptors (Lipinski definition) is 4. The highest BCUT2D eigenvalue weighted by Gasteiger charge is 2.62. The Bertz CT molecular complexity index is 350. The molecule has 0 aromatic rings. The molecule has 2 unspecified atom stereocenters. The van der Waals surface area contributed by atoms with Crippen LogP contribution in [0, 0.1) is 10.8 Å². The zero-order chi connectivity index (χ0) is 15.8. The third-order valence-corrected chi connectivity index (χ3v) is 6.38. The summed E-state index contributed by atoms with van der Waals surface area (Å²) in [4.78, 5) is 0. The molecule has 4 heteroatoms. The summed E-state index contributed by atoms with van der Waals surface area (Å²) in [5, 5.41) is 0. The van der Waals surface area contributed by atoms with Gasteiger partial charge in [0, 0.05) is 19.6 Å². The molecular weight excluding hydrogens is 268 g/mol. The maximum absolute atomic E-state index is 5.78. The van der Waals surface area contributed by atoms with Gasteiger partial charge in [0.2, 0.25) is 0 Å². The van der Waals surface area contributed by atoms with E-state index in [0.29, 0.717) is 5.41 Å². The molecule has 0 aromatic carbocycles. The minimum absolute atomic E-state index is 0.0108. The van der Waals surface area contributed by atoms with Crippen molar-refractivity contribution in [3.05, 3.63) is 0 Å². The molecule has 2 rings (SSSR count). The second kappa shape index (κ2) is 5.80. The third-order valence-electron chi connectivity index (χ3n) is 6.38. The zero-order valence-corrected chi connectivity index (χ0v) is 14.6. The van der Waals surface area contributed by atoms with E-state index in [1.807, 2.05) is 0 Å².